The third kappa shape index (κ3) is 2.60. The number of rotatable bonds is 1. The number of fused-ring (bicyclic) bond motifs is 7. The number of aromatic nitrogens is 2. The van der Waals surface area contributed by atoms with Crippen LogP contribution in [0.1, 0.15) is 5.56 Å². The highest BCUT2D eigenvalue weighted by atomic mass is 35.5. The normalized spacial score (nSPS) is 13.6. The van der Waals surface area contributed by atoms with E-state index in [1.54, 1.807) is 0 Å². The summed E-state index contributed by atoms with van der Waals surface area (Å²) >= 11 is 6.06. The largest absolute Gasteiger partial charge is 0.472 e. The first kappa shape index (κ1) is 16.6. The van der Waals surface area contributed by atoms with Gasteiger partial charge >= 0.3 is 0 Å². The average molecular weight is 398 g/mol. The summed E-state index contributed by atoms with van der Waals surface area (Å²) in [7, 11) is 0. The van der Waals surface area contributed by atoms with E-state index in [0.29, 0.717) is 13.3 Å². The Morgan fingerprint density at radius 3 is 2.17 bits per heavy atom. The maximum atomic E-state index is 6.28. The van der Waals surface area contributed by atoms with Crippen molar-refractivity contribution in [1.82, 2.24) is 9.97 Å². The van der Waals surface area contributed by atoms with Crippen LogP contribution in [0.2, 0.25) is 5.02 Å². The van der Waals surface area contributed by atoms with Crippen molar-refractivity contribution >= 4 is 50.1 Å². The van der Waals surface area contributed by atoms with Crippen LogP contribution in [0.4, 0.5) is 5.69 Å². The molecule has 0 bridgehead atoms. The van der Waals surface area contributed by atoms with E-state index in [4.69, 9.17) is 26.3 Å². The van der Waals surface area contributed by atoms with Crippen molar-refractivity contribution in [1.29, 1.82) is 0 Å². The van der Waals surface area contributed by atoms with Crippen molar-refractivity contribution in [3.05, 3.63) is 83.4 Å². The Morgan fingerprint density at radius 2 is 1.41 bits per heavy atom. The molecule has 0 saturated heterocycles. The summed E-state index contributed by atoms with van der Waals surface area (Å²) in [5.41, 5.74) is 5.74. The van der Waals surface area contributed by atoms with Gasteiger partial charge in [-0.25, -0.2) is 9.97 Å². The molecule has 0 saturated carbocycles. The van der Waals surface area contributed by atoms with E-state index in [1.807, 2.05) is 60.7 Å². The summed E-state index contributed by atoms with van der Waals surface area (Å²) in [5.74, 6) is 0.905. The zero-order valence-corrected chi connectivity index (χ0v) is 16.2. The molecule has 6 rings (SSSR count). The quantitative estimate of drug-likeness (QED) is 0.259. The Bertz CT molecular complexity index is 1400. The fourth-order valence-electron chi connectivity index (χ4n) is 4.06. The molecular formula is C24H16ClN3O. The average Bonchev–Trinajstić information content (AvgIpc) is 2.78. The minimum absolute atomic E-state index is 0.477. The molecule has 5 aromatic rings. The van der Waals surface area contributed by atoms with Gasteiger partial charge in [0.15, 0.2) is 6.73 Å². The van der Waals surface area contributed by atoms with E-state index < -0.39 is 0 Å². The molecule has 0 aliphatic carbocycles. The van der Waals surface area contributed by atoms with Crippen molar-refractivity contribution in [2.75, 3.05) is 11.6 Å². The van der Waals surface area contributed by atoms with Crippen molar-refractivity contribution in [2.45, 2.75) is 6.54 Å². The monoisotopic (exact) mass is 397 g/mol. The predicted molar refractivity (Wildman–Crippen MR) is 118 cm³/mol. The standard InChI is InChI=1S/C24H16ClN3O/c25-15-9-11-16(12-10-15)28-13-19-23-22(26-20-7-3-4-8-21(20)27-23)17-5-1-2-6-18(17)24(19)29-14-28/h1-12H,13-14H2. The van der Waals surface area contributed by atoms with E-state index >= 15 is 0 Å². The number of halogens is 1. The summed E-state index contributed by atoms with van der Waals surface area (Å²) < 4.78 is 6.28. The second-order valence-corrected chi connectivity index (χ2v) is 7.65. The Kier molecular flexibility index (Phi) is 3.61. The fraction of sp³-hybridized carbons (Fsp3) is 0.0833. The smallest absolute Gasteiger partial charge is 0.161 e. The van der Waals surface area contributed by atoms with Crippen LogP contribution in [0.15, 0.2) is 72.8 Å². The van der Waals surface area contributed by atoms with Gasteiger partial charge in [-0.1, -0.05) is 48.0 Å². The molecule has 1 aliphatic heterocycles. The highest BCUT2D eigenvalue weighted by Crippen LogP contribution is 2.40. The Morgan fingerprint density at radius 1 is 0.759 bits per heavy atom. The van der Waals surface area contributed by atoms with Crippen LogP contribution in [0.3, 0.4) is 0 Å². The zero-order chi connectivity index (χ0) is 19.4. The summed E-state index contributed by atoms with van der Waals surface area (Å²) in [5, 5.41) is 2.87. The second-order valence-electron chi connectivity index (χ2n) is 7.21. The molecular weight excluding hydrogens is 382 g/mol. The van der Waals surface area contributed by atoms with E-state index in [2.05, 4.69) is 17.0 Å². The summed E-state index contributed by atoms with van der Waals surface area (Å²) in [6.45, 7) is 1.18. The lowest BCUT2D eigenvalue weighted by Crippen LogP contribution is -2.32. The van der Waals surface area contributed by atoms with Crippen LogP contribution in [-0.4, -0.2) is 16.7 Å². The molecule has 0 unspecified atom stereocenters. The predicted octanol–water partition coefficient (Wildman–Crippen LogP) is 5.95. The van der Waals surface area contributed by atoms with Crippen LogP contribution in [0.25, 0.3) is 32.8 Å². The van der Waals surface area contributed by atoms with Gasteiger partial charge in [-0.2, -0.15) is 0 Å². The highest BCUT2D eigenvalue weighted by molar-refractivity contribution is 6.30. The fourth-order valence-corrected chi connectivity index (χ4v) is 4.19. The second kappa shape index (κ2) is 6.33. The van der Waals surface area contributed by atoms with Gasteiger partial charge in [0.05, 0.1) is 28.6 Å². The minimum Gasteiger partial charge on any atom is -0.472 e. The van der Waals surface area contributed by atoms with Gasteiger partial charge in [0.25, 0.3) is 0 Å². The lowest BCUT2D eigenvalue weighted by atomic mass is 10.0. The van der Waals surface area contributed by atoms with Gasteiger partial charge in [-0.05, 0) is 36.4 Å². The van der Waals surface area contributed by atoms with Crippen molar-refractivity contribution in [3.8, 4) is 5.75 Å². The van der Waals surface area contributed by atoms with Crippen molar-refractivity contribution < 1.29 is 4.74 Å². The molecule has 5 heteroatoms. The number of nitrogens with zero attached hydrogens (tertiary/aromatic N) is 3. The Hall–Kier alpha value is -3.37. The Balaban J connectivity index is 1.63. The number of hydrogen-bond donors (Lipinski definition) is 0. The molecule has 2 heterocycles. The van der Waals surface area contributed by atoms with Gasteiger partial charge in [0.1, 0.15) is 5.75 Å². The highest BCUT2D eigenvalue weighted by Gasteiger charge is 2.25. The van der Waals surface area contributed by atoms with Gasteiger partial charge in [0.2, 0.25) is 0 Å². The summed E-state index contributed by atoms with van der Waals surface area (Å²) in [6, 6.07) is 24.1. The third-order valence-electron chi connectivity index (χ3n) is 5.46. The lowest BCUT2D eigenvalue weighted by molar-refractivity contribution is 0.294. The molecule has 0 radical (unpaired) electrons. The first-order valence-electron chi connectivity index (χ1n) is 9.51. The van der Waals surface area contributed by atoms with Crippen LogP contribution in [0.5, 0.6) is 5.75 Å². The van der Waals surface area contributed by atoms with Crippen molar-refractivity contribution in [2.24, 2.45) is 0 Å². The molecule has 0 atom stereocenters. The first-order valence-corrected chi connectivity index (χ1v) is 9.89. The van der Waals surface area contributed by atoms with E-state index in [9.17, 15) is 0 Å². The summed E-state index contributed by atoms with van der Waals surface area (Å²) in [6.07, 6.45) is 0. The number of hydrogen-bond acceptors (Lipinski definition) is 4. The molecule has 4 nitrogen and oxygen atoms in total. The molecule has 4 aromatic carbocycles. The zero-order valence-electron chi connectivity index (χ0n) is 15.5. The van der Waals surface area contributed by atoms with Crippen LogP contribution in [0, 0.1) is 0 Å². The van der Waals surface area contributed by atoms with Gasteiger partial charge in [0, 0.05) is 27.0 Å². The molecule has 0 N–H and O–H groups in total. The molecule has 0 amide bonds. The lowest BCUT2D eigenvalue weighted by Gasteiger charge is -2.32. The van der Waals surface area contributed by atoms with Gasteiger partial charge in [-0.15, -0.1) is 0 Å². The SMILES string of the molecule is Clc1ccc(N2COc3c(c4nc5ccccc5nc4c4ccccc34)C2)cc1. The van der Waals surface area contributed by atoms with E-state index in [-0.39, 0.29) is 0 Å². The molecule has 1 aromatic heterocycles. The molecule has 29 heavy (non-hydrogen) atoms. The molecule has 140 valence electrons. The van der Waals surface area contributed by atoms with Gasteiger partial charge < -0.3 is 9.64 Å². The van der Waals surface area contributed by atoms with Crippen LogP contribution >= 0.6 is 11.6 Å². The van der Waals surface area contributed by atoms with Gasteiger partial charge in [-0.3, -0.25) is 0 Å². The van der Waals surface area contributed by atoms with Crippen molar-refractivity contribution in [3.63, 3.8) is 0 Å². The van der Waals surface area contributed by atoms with E-state index in [1.165, 1.54) is 0 Å². The van der Waals surface area contributed by atoms with E-state index in [0.717, 1.165) is 54.9 Å². The summed E-state index contributed by atoms with van der Waals surface area (Å²) in [4.78, 5) is 12.1. The molecule has 1 aliphatic rings. The van der Waals surface area contributed by atoms with Crippen LogP contribution in [-0.2, 0) is 6.54 Å². The number of para-hydroxylation sites is 2. The Labute approximate surface area is 172 Å². The first-order chi connectivity index (χ1) is 14.3. The molecule has 0 fully saturated rings. The number of ether oxygens (including phenoxy) is 1. The molecule has 0 spiro atoms. The topological polar surface area (TPSA) is 38.2 Å². The minimum atomic E-state index is 0.477. The number of anilines is 1. The third-order valence-corrected chi connectivity index (χ3v) is 5.71. The maximum absolute atomic E-state index is 6.28. The van der Waals surface area contributed by atoms with Crippen LogP contribution < -0.4 is 9.64 Å². The maximum Gasteiger partial charge on any atom is 0.161 e. The number of benzene rings is 4.